The van der Waals surface area contributed by atoms with E-state index >= 15 is 0 Å². The molecule has 1 aliphatic rings. The summed E-state index contributed by atoms with van der Waals surface area (Å²) in [5, 5.41) is 9.89. The molecule has 1 atom stereocenters. The van der Waals surface area contributed by atoms with Crippen LogP contribution in [0.1, 0.15) is 42.6 Å². The van der Waals surface area contributed by atoms with Crippen molar-refractivity contribution in [3.8, 4) is 5.75 Å². The van der Waals surface area contributed by atoms with Crippen LogP contribution in [0.4, 0.5) is 0 Å². The summed E-state index contributed by atoms with van der Waals surface area (Å²) in [6.07, 6.45) is 1.96. The van der Waals surface area contributed by atoms with E-state index in [1.165, 1.54) is 0 Å². The number of Topliss-reactive ketones (excluding diaryl/α,β-unsaturated/α-hetero) is 1. The molecular formula is C14H18O3. The Kier molecular flexibility index (Phi) is 3.20. The number of fused-ring (bicyclic) bond motifs is 1. The van der Waals surface area contributed by atoms with Gasteiger partial charge in [0.15, 0.2) is 5.78 Å². The van der Waals surface area contributed by atoms with Gasteiger partial charge in [-0.2, -0.15) is 0 Å². The summed E-state index contributed by atoms with van der Waals surface area (Å²) in [4.78, 5) is 11.6. The maximum atomic E-state index is 11.6. The lowest BCUT2D eigenvalue weighted by Crippen LogP contribution is -2.31. The predicted octanol–water partition coefficient (Wildman–Crippen LogP) is 2.36. The number of hydrogen-bond acceptors (Lipinski definition) is 3. The fourth-order valence-corrected chi connectivity index (χ4v) is 1.93. The van der Waals surface area contributed by atoms with Crippen LogP contribution in [-0.4, -0.2) is 23.1 Å². The van der Waals surface area contributed by atoms with Crippen molar-refractivity contribution in [2.45, 2.75) is 38.7 Å². The Morgan fingerprint density at radius 2 is 2.18 bits per heavy atom. The zero-order valence-corrected chi connectivity index (χ0v) is 10.3. The first-order valence-electron chi connectivity index (χ1n) is 6.04. The van der Waals surface area contributed by atoms with E-state index in [-0.39, 0.29) is 12.4 Å². The zero-order valence-electron chi connectivity index (χ0n) is 10.3. The van der Waals surface area contributed by atoms with Crippen molar-refractivity contribution < 1.29 is 14.6 Å². The van der Waals surface area contributed by atoms with Crippen molar-refractivity contribution in [2.24, 2.45) is 0 Å². The predicted molar refractivity (Wildman–Crippen MR) is 65.5 cm³/mol. The summed E-state index contributed by atoms with van der Waals surface area (Å²) in [6, 6.07) is 5.54. The molecule has 92 valence electrons. The van der Waals surface area contributed by atoms with E-state index in [1.54, 1.807) is 6.92 Å². The maximum Gasteiger partial charge on any atom is 0.163 e. The standard InChI is InChI=1S/C14H18O3/c1-3-14(2,16)9-17-13-6-4-5-10-11(13)7-8-12(10)15/h4-6,16H,3,7-9H2,1-2H3. The highest BCUT2D eigenvalue weighted by atomic mass is 16.5. The molecule has 17 heavy (non-hydrogen) atoms. The third kappa shape index (κ3) is 2.50. The summed E-state index contributed by atoms with van der Waals surface area (Å²) in [5.74, 6) is 0.926. The number of ketones is 1. The van der Waals surface area contributed by atoms with Gasteiger partial charge in [-0.3, -0.25) is 4.79 Å². The highest BCUT2D eigenvalue weighted by Crippen LogP contribution is 2.31. The van der Waals surface area contributed by atoms with Crippen molar-refractivity contribution in [3.05, 3.63) is 29.3 Å². The average Bonchev–Trinajstić information content (AvgIpc) is 2.70. The molecule has 0 bridgehead atoms. The van der Waals surface area contributed by atoms with Gasteiger partial charge in [0.25, 0.3) is 0 Å². The first-order valence-corrected chi connectivity index (χ1v) is 6.04. The summed E-state index contributed by atoms with van der Waals surface area (Å²) in [6.45, 7) is 3.93. The molecule has 2 rings (SSSR count). The van der Waals surface area contributed by atoms with Crippen LogP contribution in [0, 0.1) is 0 Å². The summed E-state index contributed by atoms with van der Waals surface area (Å²) in [7, 11) is 0. The van der Waals surface area contributed by atoms with Crippen molar-refractivity contribution in [1.29, 1.82) is 0 Å². The summed E-state index contributed by atoms with van der Waals surface area (Å²) >= 11 is 0. The first kappa shape index (κ1) is 12.1. The van der Waals surface area contributed by atoms with Gasteiger partial charge in [-0.25, -0.2) is 0 Å². The van der Waals surface area contributed by atoms with E-state index in [2.05, 4.69) is 0 Å². The molecule has 3 heteroatoms. The first-order chi connectivity index (χ1) is 8.03. The molecule has 1 aromatic rings. The zero-order chi connectivity index (χ0) is 12.5. The fourth-order valence-electron chi connectivity index (χ4n) is 1.93. The Labute approximate surface area is 101 Å². The Balaban J connectivity index is 2.16. The smallest absolute Gasteiger partial charge is 0.163 e. The largest absolute Gasteiger partial charge is 0.490 e. The lowest BCUT2D eigenvalue weighted by atomic mass is 10.1. The normalized spacial score (nSPS) is 17.7. The van der Waals surface area contributed by atoms with Crippen LogP contribution in [0.3, 0.4) is 0 Å². The van der Waals surface area contributed by atoms with Crippen LogP contribution < -0.4 is 4.74 Å². The van der Waals surface area contributed by atoms with E-state index in [9.17, 15) is 9.90 Å². The molecule has 0 amide bonds. The molecule has 0 radical (unpaired) electrons. The molecule has 1 N–H and O–H groups in total. The van der Waals surface area contributed by atoms with Gasteiger partial charge in [-0.15, -0.1) is 0 Å². The van der Waals surface area contributed by atoms with E-state index in [1.807, 2.05) is 25.1 Å². The number of aliphatic hydroxyl groups is 1. The molecule has 1 aromatic carbocycles. The van der Waals surface area contributed by atoms with Crippen molar-refractivity contribution >= 4 is 5.78 Å². The molecule has 0 heterocycles. The second kappa shape index (κ2) is 4.49. The second-order valence-electron chi connectivity index (χ2n) is 4.84. The molecule has 0 saturated heterocycles. The van der Waals surface area contributed by atoms with Crippen LogP contribution in [0.2, 0.25) is 0 Å². The highest BCUT2D eigenvalue weighted by molar-refractivity contribution is 6.01. The van der Waals surface area contributed by atoms with Crippen molar-refractivity contribution in [2.75, 3.05) is 6.61 Å². The number of benzene rings is 1. The topological polar surface area (TPSA) is 46.5 Å². The highest BCUT2D eigenvalue weighted by Gasteiger charge is 2.24. The fraction of sp³-hybridized carbons (Fsp3) is 0.500. The quantitative estimate of drug-likeness (QED) is 0.869. The number of rotatable bonds is 4. The second-order valence-corrected chi connectivity index (χ2v) is 4.84. The van der Waals surface area contributed by atoms with Gasteiger partial charge >= 0.3 is 0 Å². The van der Waals surface area contributed by atoms with Crippen molar-refractivity contribution in [3.63, 3.8) is 0 Å². The lowest BCUT2D eigenvalue weighted by Gasteiger charge is -2.22. The molecule has 1 unspecified atom stereocenters. The Morgan fingerprint density at radius 3 is 2.88 bits per heavy atom. The van der Waals surface area contributed by atoms with Crippen LogP contribution in [-0.2, 0) is 6.42 Å². The minimum Gasteiger partial charge on any atom is -0.490 e. The SMILES string of the molecule is CCC(C)(O)COc1cccc2c1CCC2=O. The molecule has 3 nitrogen and oxygen atoms in total. The van der Waals surface area contributed by atoms with E-state index < -0.39 is 5.60 Å². The van der Waals surface area contributed by atoms with Crippen LogP contribution in [0.5, 0.6) is 5.75 Å². The van der Waals surface area contributed by atoms with Gasteiger partial charge in [-0.1, -0.05) is 19.1 Å². The summed E-state index contributed by atoms with van der Waals surface area (Å²) in [5.41, 5.74) is 0.953. The van der Waals surface area contributed by atoms with Gasteiger partial charge in [0, 0.05) is 17.5 Å². The molecule has 0 spiro atoms. The number of ether oxygens (including phenoxy) is 1. The molecule has 0 saturated carbocycles. The average molecular weight is 234 g/mol. The molecule has 1 aliphatic carbocycles. The number of carbonyl (C=O) groups is 1. The molecule has 0 aromatic heterocycles. The number of hydrogen-bond donors (Lipinski definition) is 1. The van der Waals surface area contributed by atoms with E-state index in [0.29, 0.717) is 12.8 Å². The minimum absolute atomic E-state index is 0.188. The van der Waals surface area contributed by atoms with Gasteiger partial charge in [0.1, 0.15) is 12.4 Å². The Hall–Kier alpha value is -1.35. The molecule has 0 fully saturated rings. The van der Waals surface area contributed by atoms with Crippen LogP contribution in [0.25, 0.3) is 0 Å². The Morgan fingerprint density at radius 1 is 1.41 bits per heavy atom. The van der Waals surface area contributed by atoms with Gasteiger partial charge in [0.2, 0.25) is 0 Å². The number of carbonyl (C=O) groups excluding carboxylic acids is 1. The van der Waals surface area contributed by atoms with Gasteiger partial charge in [-0.05, 0) is 25.8 Å². The van der Waals surface area contributed by atoms with E-state index in [4.69, 9.17) is 4.74 Å². The lowest BCUT2D eigenvalue weighted by molar-refractivity contribution is 0.00821. The van der Waals surface area contributed by atoms with Crippen molar-refractivity contribution in [1.82, 2.24) is 0 Å². The third-order valence-electron chi connectivity index (χ3n) is 3.34. The summed E-state index contributed by atoms with van der Waals surface area (Å²) < 4.78 is 5.65. The molecule has 0 aliphatic heterocycles. The maximum absolute atomic E-state index is 11.6. The monoisotopic (exact) mass is 234 g/mol. The van der Waals surface area contributed by atoms with Gasteiger partial charge in [0.05, 0.1) is 5.60 Å². The Bertz CT molecular complexity index is 435. The van der Waals surface area contributed by atoms with Crippen LogP contribution >= 0.6 is 0 Å². The minimum atomic E-state index is -0.814. The van der Waals surface area contributed by atoms with E-state index in [0.717, 1.165) is 23.3 Å². The molecular weight excluding hydrogens is 216 g/mol. The van der Waals surface area contributed by atoms with Crippen LogP contribution in [0.15, 0.2) is 18.2 Å². The third-order valence-corrected chi connectivity index (χ3v) is 3.34. The van der Waals surface area contributed by atoms with Gasteiger partial charge < -0.3 is 9.84 Å².